The number of ether oxygens (including phenoxy) is 1. The van der Waals surface area contributed by atoms with Crippen LogP contribution in [0.5, 0.6) is 0 Å². The summed E-state index contributed by atoms with van der Waals surface area (Å²) in [5.74, 6) is -1.29. The van der Waals surface area contributed by atoms with Crippen LogP contribution in [0, 0.1) is 33.3 Å². The first kappa shape index (κ1) is 22.2. The van der Waals surface area contributed by atoms with Crippen LogP contribution in [0.3, 0.4) is 0 Å². The van der Waals surface area contributed by atoms with Crippen LogP contribution >= 0.6 is 11.3 Å². The largest absolute Gasteiger partial charge is 0.392 e. The van der Waals surface area contributed by atoms with Gasteiger partial charge < -0.3 is 15.6 Å². The second kappa shape index (κ2) is 8.72. The molecular weight excluding hydrogens is 402 g/mol. The average molecular weight is 430 g/mol. The van der Waals surface area contributed by atoms with Crippen LogP contribution in [0.25, 0.3) is 0 Å². The number of nitrogens with two attached hydrogens (primary N) is 1. The highest BCUT2D eigenvalue weighted by molar-refractivity contribution is 7.15. The van der Waals surface area contributed by atoms with Crippen LogP contribution in [0.15, 0.2) is 30.3 Å². The molecule has 7 nitrogen and oxygen atoms in total. The van der Waals surface area contributed by atoms with Crippen LogP contribution in [-0.4, -0.2) is 22.7 Å². The van der Waals surface area contributed by atoms with Crippen molar-refractivity contribution in [2.75, 3.05) is 12.3 Å². The van der Waals surface area contributed by atoms with Gasteiger partial charge in [-0.2, -0.15) is 5.26 Å². The molecule has 1 fully saturated rings. The molecule has 8 heteroatoms. The normalized spacial score (nSPS) is 24.0. The van der Waals surface area contributed by atoms with E-state index in [4.69, 9.17) is 10.5 Å². The molecule has 2 unspecified atom stereocenters. The van der Waals surface area contributed by atoms with Crippen LogP contribution in [0.1, 0.15) is 49.1 Å². The minimum atomic E-state index is -0.834. The zero-order chi connectivity index (χ0) is 22.1. The zero-order valence-electron chi connectivity index (χ0n) is 17.4. The topological polar surface area (TPSA) is 122 Å². The second-order valence-electron chi connectivity index (χ2n) is 8.83. The summed E-state index contributed by atoms with van der Waals surface area (Å²) in [6, 6.07) is 11.2. The quantitative estimate of drug-likeness (QED) is 0.520. The molecule has 0 radical (unpaired) electrons. The molecule has 1 aliphatic rings. The van der Waals surface area contributed by atoms with Crippen molar-refractivity contribution in [3.63, 3.8) is 0 Å². The minimum absolute atomic E-state index is 0.0129. The third-order valence-electron chi connectivity index (χ3n) is 5.74. The monoisotopic (exact) mass is 429 g/mol. The highest BCUT2D eigenvalue weighted by Gasteiger charge is 2.46. The molecular formula is C22H27N3O4S. The van der Waals surface area contributed by atoms with Gasteiger partial charge in [0.1, 0.15) is 0 Å². The first-order chi connectivity index (χ1) is 14.1. The third kappa shape index (κ3) is 4.64. The van der Waals surface area contributed by atoms with Crippen molar-refractivity contribution >= 4 is 22.0 Å². The number of nitrogens with zero attached hydrogens (tertiary/aromatic N) is 2. The Labute approximate surface area is 180 Å². The van der Waals surface area contributed by atoms with E-state index in [9.17, 15) is 20.5 Å². The molecule has 0 spiro atoms. The van der Waals surface area contributed by atoms with Gasteiger partial charge >= 0.3 is 0 Å². The lowest BCUT2D eigenvalue weighted by Gasteiger charge is -2.25. The molecule has 1 aromatic heterocycles. The molecule has 4 atom stereocenters. The molecule has 1 saturated carbocycles. The molecule has 0 amide bonds. The summed E-state index contributed by atoms with van der Waals surface area (Å²) >= 11 is 1.43. The van der Waals surface area contributed by atoms with E-state index in [1.165, 1.54) is 11.3 Å². The number of nitro groups is 1. The van der Waals surface area contributed by atoms with Gasteiger partial charge in [0.15, 0.2) is 0 Å². The van der Waals surface area contributed by atoms with Gasteiger partial charge in [-0.15, -0.1) is 11.3 Å². The lowest BCUT2D eigenvalue weighted by atomic mass is 9.81. The molecule has 2 aromatic rings. The number of hydrogen-bond donors (Lipinski definition) is 2. The SMILES string of the molecule is CC(C)(C)c1ccc(C2C(COCc3ccc(N)s3)[C@H](C#N)C[C@H]2O)c([N+](=O)[O-])c1. The standard InChI is InChI=1S/C22H27N3O4S/c1-22(2,3)14-4-6-16(18(9-14)25(27)28)21-17(13(10-23)8-19(21)26)12-29-11-15-5-7-20(24)30-15/h4-7,9,13,17,19,21,26H,8,11-12,24H2,1-3H3/t13-,17?,19+,21?/m0/s1. The second-order valence-corrected chi connectivity index (χ2v) is 10.0. The number of hydrogen-bond acceptors (Lipinski definition) is 7. The predicted octanol–water partition coefficient (Wildman–Crippen LogP) is 4.36. The number of aliphatic hydroxyl groups excluding tert-OH is 1. The van der Waals surface area contributed by atoms with Crippen molar-refractivity contribution in [3.8, 4) is 6.07 Å². The Hall–Kier alpha value is -2.47. The summed E-state index contributed by atoms with van der Waals surface area (Å²) in [6.45, 7) is 6.57. The van der Waals surface area contributed by atoms with E-state index in [0.717, 1.165) is 10.4 Å². The Bertz CT molecular complexity index is 960. The minimum Gasteiger partial charge on any atom is -0.392 e. The van der Waals surface area contributed by atoms with E-state index >= 15 is 0 Å². The van der Waals surface area contributed by atoms with Crippen molar-refractivity contribution < 1.29 is 14.8 Å². The molecule has 1 heterocycles. The lowest BCUT2D eigenvalue weighted by molar-refractivity contribution is -0.386. The van der Waals surface area contributed by atoms with Gasteiger partial charge in [-0.05, 0) is 29.5 Å². The number of aliphatic hydroxyl groups is 1. The highest BCUT2D eigenvalue weighted by atomic mass is 32.1. The van der Waals surface area contributed by atoms with Gasteiger partial charge in [0.2, 0.25) is 0 Å². The van der Waals surface area contributed by atoms with Gasteiger partial charge in [-0.3, -0.25) is 10.1 Å². The van der Waals surface area contributed by atoms with Crippen LogP contribution in [0.4, 0.5) is 10.7 Å². The smallest absolute Gasteiger partial charge is 0.273 e. The molecule has 3 rings (SSSR count). The predicted molar refractivity (Wildman–Crippen MR) is 116 cm³/mol. The van der Waals surface area contributed by atoms with Crippen LogP contribution < -0.4 is 5.73 Å². The molecule has 1 aliphatic carbocycles. The van der Waals surface area contributed by atoms with Crippen LogP contribution in [0.2, 0.25) is 0 Å². The first-order valence-electron chi connectivity index (χ1n) is 9.90. The molecule has 0 bridgehead atoms. The summed E-state index contributed by atoms with van der Waals surface area (Å²) < 4.78 is 5.85. The van der Waals surface area contributed by atoms with Gasteiger partial charge in [0, 0.05) is 28.3 Å². The van der Waals surface area contributed by atoms with E-state index in [2.05, 4.69) is 6.07 Å². The third-order valence-corrected chi connectivity index (χ3v) is 6.63. The molecule has 160 valence electrons. The molecule has 3 N–H and O–H groups in total. The summed E-state index contributed by atoms with van der Waals surface area (Å²) in [7, 11) is 0. The average Bonchev–Trinajstić information content (AvgIpc) is 3.23. The fourth-order valence-corrected chi connectivity index (χ4v) is 4.86. The highest BCUT2D eigenvalue weighted by Crippen LogP contribution is 2.47. The summed E-state index contributed by atoms with van der Waals surface area (Å²) in [5.41, 5.74) is 6.81. The summed E-state index contributed by atoms with van der Waals surface area (Å²) in [5, 5.41) is 32.9. The maximum Gasteiger partial charge on any atom is 0.273 e. The van der Waals surface area contributed by atoms with E-state index in [0.29, 0.717) is 17.2 Å². The number of thiophene rings is 1. The number of benzene rings is 1. The van der Waals surface area contributed by atoms with Gasteiger partial charge in [0.05, 0.1) is 41.2 Å². The number of nitrogen functional groups attached to an aromatic ring is 1. The Kier molecular flexibility index (Phi) is 6.46. The maximum atomic E-state index is 11.8. The Morgan fingerprint density at radius 1 is 1.37 bits per heavy atom. The maximum absolute atomic E-state index is 11.8. The van der Waals surface area contributed by atoms with Crippen molar-refractivity contribution in [2.24, 2.45) is 11.8 Å². The van der Waals surface area contributed by atoms with Gasteiger partial charge in [-0.1, -0.05) is 32.9 Å². The van der Waals surface area contributed by atoms with Gasteiger partial charge in [0.25, 0.3) is 5.69 Å². The Morgan fingerprint density at radius 3 is 2.67 bits per heavy atom. The zero-order valence-corrected chi connectivity index (χ0v) is 18.2. The number of rotatable bonds is 6. The summed E-state index contributed by atoms with van der Waals surface area (Å²) in [6.07, 6.45) is -0.556. The van der Waals surface area contributed by atoms with Crippen molar-refractivity contribution in [1.29, 1.82) is 5.26 Å². The molecule has 30 heavy (non-hydrogen) atoms. The molecule has 0 aliphatic heterocycles. The molecule has 1 aromatic carbocycles. The van der Waals surface area contributed by atoms with E-state index in [1.54, 1.807) is 12.1 Å². The van der Waals surface area contributed by atoms with Gasteiger partial charge in [-0.25, -0.2) is 0 Å². The number of nitro benzene ring substituents is 1. The molecule has 0 saturated heterocycles. The number of nitriles is 1. The Balaban J connectivity index is 1.89. The summed E-state index contributed by atoms with van der Waals surface area (Å²) in [4.78, 5) is 12.4. The van der Waals surface area contributed by atoms with E-state index in [1.807, 2.05) is 39.0 Å². The number of anilines is 1. The van der Waals surface area contributed by atoms with Crippen molar-refractivity contribution in [3.05, 3.63) is 56.5 Å². The van der Waals surface area contributed by atoms with E-state index in [-0.39, 0.29) is 30.0 Å². The van der Waals surface area contributed by atoms with E-state index < -0.39 is 22.9 Å². The van der Waals surface area contributed by atoms with Crippen molar-refractivity contribution in [2.45, 2.75) is 51.2 Å². The Morgan fingerprint density at radius 2 is 2.10 bits per heavy atom. The first-order valence-corrected chi connectivity index (χ1v) is 10.7. The fraction of sp³-hybridized carbons (Fsp3) is 0.500. The fourth-order valence-electron chi connectivity index (χ4n) is 4.14. The van der Waals surface area contributed by atoms with Crippen LogP contribution in [-0.2, 0) is 16.8 Å². The lowest BCUT2D eigenvalue weighted by Crippen LogP contribution is -2.24. The van der Waals surface area contributed by atoms with Crippen molar-refractivity contribution in [1.82, 2.24) is 0 Å².